The number of aryl methyl sites for hydroxylation is 1. The first kappa shape index (κ1) is 27.0. The molecular formula is C27H40N2O6. The Morgan fingerprint density at radius 2 is 1.80 bits per heavy atom. The van der Waals surface area contributed by atoms with Crippen molar-refractivity contribution < 1.29 is 24.0 Å². The van der Waals surface area contributed by atoms with E-state index in [0.717, 1.165) is 56.1 Å². The van der Waals surface area contributed by atoms with Crippen LogP contribution in [0.5, 0.6) is 0 Å². The van der Waals surface area contributed by atoms with Gasteiger partial charge in [0.1, 0.15) is 11.6 Å². The third-order valence-electron chi connectivity index (χ3n) is 7.42. The number of fused-ring (bicyclic) bond motifs is 2. The Bertz CT molecular complexity index is 969. The lowest BCUT2D eigenvalue weighted by atomic mass is 9.58. The number of amides is 1. The maximum absolute atomic E-state index is 12.7. The van der Waals surface area contributed by atoms with E-state index in [0.29, 0.717) is 11.0 Å². The van der Waals surface area contributed by atoms with Gasteiger partial charge in [0, 0.05) is 18.1 Å². The van der Waals surface area contributed by atoms with E-state index < -0.39 is 23.7 Å². The fourth-order valence-electron chi connectivity index (χ4n) is 5.50. The number of rotatable bonds is 6. The van der Waals surface area contributed by atoms with Crippen LogP contribution in [0.3, 0.4) is 0 Å². The number of nitrogens with zero attached hydrogens (tertiary/aromatic N) is 1. The number of nitro groups is 1. The first-order valence-electron chi connectivity index (χ1n) is 12.7. The summed E-state index contributed by atoms with van der Waals surface area (Å²) in [5.41, 5.74) is 2.19. The van der Waals surface area contributed by atoms with E-state index in [2.05, 4.69) is 19.2 Å². The molecule has 1 aromatic carbocycles. The average Bonchev–Trinajstić information content (AvgIpc) is 2.74. The second-order valence-corrected chi connectivity index (χ2v) is 11.8. The Morgan fingerprint density at radius 3 is 2.37 bits per heavy atom. The molecule has 1 fully saturated rings. The SMILES string of the molecule is CCOC(=O)C(Cc1cc2c(cc1[N+](=O)[O-])C1(CCC2)CCC(C)(C)CC1)NC(=O)OC(C)(C)C. The fourth-order valence-corrected chi connectivity index (χ4v) is 5.50. The third kappa shape index (κ3) is 6.53. The molecule has 0 saturated heterocycles. The first-order chi connectivity index (χ1) is 16.3. The van der Waals surface area contributed by atoms with Gasteiger partial charge >= 0.3 is 12.1 Å². The van der Waals surface area contributed by atoms with Crippen LogP contribution in [0.4, 0.5) is 10.5 Å². The molecule has 1 atom stereocenters. The molecule has 1 N–H and O–H groups in total. The molecule has 8 heteroatoms. The molecule has 0 aliphatic heterocycles. The lowest BCUT2D eigenvalue weighted by Crippen LogP contribution is -2.45. The van der Waals surface area contributed by atoms with Crippen molar-refractivity contribution >= 4 is 17.7 Å². The quantitative estimate of drug-likeness (QED) is 0.309. The highest BCUT2D eigenvalue weighted by atomic mass is 16.6. The van der Waals surface area contributed by atoms with Crippen LogP contribution in [0.15, 0.2) is 12.1 Å². The molecular weight excluding hydrogens is 448 g/mol. The van der Waals surface area contributed by atoms with Crippen LogP contribution in [0.1, 0.15) is 96.8 Å². The third-order valence-corrected chi connectivity index (χ3v) is 7.42. The maximum Gasteiger partial charge on any atom is 0.408 e. The number of benzene rings is 1. The monoisotopic (exact) mass is 488 g/mol. The average molecular weight is 489 g/mol. The summed E-state index contributed by atoms with van der Waals surface area (Å²) in [6.45, 7) is 11.6. The Morgan fingerprint density at radius 1 is 1.14 bits per heavy atom. The molecule has 1 unspecified atom stereocenters. The van der Waals surface area contributed by atoms with Gasteiger partial charge in [-0.2, -0.15) is 0 Å². The molecule has 1 aromatic rings. The predicted molar refractivity (Wildman–Crippen MR) is 133 cm³/mol. The van der Waals surface area contributed by atoms with Crippen molar-refractivity contribution in [1.29, 1.82) is 0 Å². The van der Waals surface area contributed by atoms with E-state index in [9.17, 15) is 19.7 Å². The van der Waals surface area contributed by atoms with Crippen LogP contribution in [0, 0.1) is 15.5 Å². The van der Waals surface area contributed by atoms with Crippen molar-refractivity contribution in [2.45, 2.75) is 110 Å². The van der Waals surface area contributed by atoms with E-state index in [4.69, 9.17) is 9.47 Å². The minimum atomic E-state index is -1.09. The molecule has 2 aliphatic rings. The Balaban J connectivity index is 1.95. The van der Waals surface area contributed by atoms with E-state index in [-0.39, 0.29) is 29.1 Å². The number of carbonyl (C=O) groups excluding carboxylic acids is 2. The van der Waals surface area contributed by atoms with Crippen molar-refractivity contribution in [3.05, 3.63) is 38.9 Å². The second-order valence-electron chi connectivity index (χ2n) is 11.8. The molecule has 194 valence electrons. The molecule has 0 bridgehead atoms. The van der Waals surface area contributed by atoms with Gasteiger partial charge in [0.25, 0.3) is 5.69 Å². The summed E-state index contributed by atoms with van der Waals surface area (Å²) >= 11 is 0. The Kier molecular flexibility index (Phi) is 7.82. The summed E-state index contributed by atoms with van der Waals surface area (Å²) in [5.74, 6) is -0.642. The zero-order valence-corrected chi connectivity index (χ0v) is 22.0. The molecule has 1 saturated carbocycles. The lowest BCUT2D eigenvalue weighted by Gasteiger charge is -2.47. The van der Waals surface area contributed by atoms with E-state index in [1.165, 1.54) is 0 Å². The zero-order valence-electron chi connectivity index (χ0n) is 22.0. The topological polar surface area (TPSA) is 108 Å². The number of ether oxygens (including phenoxy) is 2. The Hall–Kier alpha value is -2.64. The highest BCUT2D eigenvalue weighted by Gasteiger charge is 2.43. The lowest BCUT2D eigenvalue weighted by molar-refractivity contribution is -0.385. The number of carbonyl (C=O) groups is 2. The van der Waals surface area contributed by atoms with Gasteiger partial charge < -0.3 is 14.8 Å². The summed E-state index contributed by atoms with van der Waals surface area (Å²) < 4.78 is 10.5. The van der Waals surface area contributed by atoms with Gasteiger partial charge in [-0.15, -0.1) is 0 Å². The van der Waals surface area contributed by atoms with E-state index >= 15 is 0 Å². The van der Waals surface area contributed by atoms with Crippen LogP contribution < -0.4 is 5.32 Å². The smallest absolute Gasteiger partial charge is 0.408 e. The van der Waals surface area contributed by atoms with Crippen LogP contribution in [0.2, 0.25) is 0 Å². The number of hydrogen-bond donors (Lipinski definition) is 1. The molecule has 3 rings (SSSR count). The number of nitrogens with one attached hydrogen (secondary N) is 1. The number of alkyl carbamates (subject to hydrolysis) is 1. The van der Waals surface area contributed by atoms with Gasteiger partial charge in [0.05, 0.1) is 11.5 Å². The van der Waals surface area contributed by atoms with Gasteiger partial charge in [-0.3, -0.25) is 10.1 Å². The maximum atomic E-state index is 12.7. The zero-order chi connectivity index (χ0) is 26.0. The predicted octanol–water partition coefficient (Wildman–Crippen LogP) is 5.77. The summed E-state index contributed by atoms with van der Waals surface area (Å²) in [7, 11) is 0. The van der Waals surface area contributed by atoms with Gasteiger partial charge in [-0.25, -0.2) is 9.59 Å². The van der Waals surface area contributed by atoms with Crippen molar-refractivity contribution in [1.82, 2.24) is 5.32 Å². The van der Waals surface area contributed by atoms with Gasteiger partial charge in [-0.05, 0) is 101 Å². The largest absolute Gasteiger partial charge is 0.464 e. The highest BCUT2D eigenvalue weighted by molar-refractivity contribution is 5.82. The number of esters is 1. The fraction of sp³-hybridized carbons (Fsp3) is 0.704. The van der Waals surface area contributed by atoms with Gasteiger partial charge in [0.15, 0.2) is 0 Å². The highest BCUT2D eigenvalue weighted by Crippen LogP contribution is 2.52. The van der Waals surface area contributed by atoms with Crippen molar-refractivity contribution in [2.75, 3.05) is 6.61 Å². The second kappa shape index (κ2) is 10.2. The number of hydrogen-bond acceptors (Lipinski definition) is 6. The molecule has 1 amide bonds. The molecule has 35 heavy (non-hydrogen) atoms. The molecule has 1 spiro atoms. The van der Waals surface area contributed by atoms with Crippen LogP contribution in [-0.4, -0.2) is 35.2 Å². The van der Waals surface area contributed by atoms with Crippen molar-refractivity contribution in [2.24, 2.45) is 5.41 Å². The van der Waals surface area contributed by atoms with Crippen LogP contribution in [-0.2, 0) is 32.5 Å². The summed E-state index contributed by atoms with van der Waals surface area (Å²) in [6, 6.07) is 2.55. The van der Waals surface area contributed by atoms with Crippen LogP contribution >= 0.6 is 0 Å². The van der Waals surface area contributed by atoms with Crippen molar-refractivity contribution in [3.63, 3.8) is 0 Å². The standard InChI is InChI=1S/C27H40N2O6/c1-7-34-23(30)21(28-24(31)35-25(2,3)4)16-19-15-18-9-8-10-27(13-11-26(5,6)12-14-27)20(18)17-22(19)29(32)33/h15,17,21H,7-14,16H2,1-6H3,(H,28,31). The number of nitro benzene ring substituents is 1. The molecule has 0 radical (unpaired) electrons. The molecule has 0 aromatic heterocycles. The minimum absolute atomic E-state index is 0.00449. The summed E-state index contributed by atoms with van der Waals surface area (Å²) in [4.78, 5) is 36.8. The van der Waals surface area contributed by atoms with Gasteiger partial charge in [-0.1, -0.05) is 13.8 Å². The van der Waals surface area contributed by atoms with Crippen molar-refractivity contribution in [3.8, 4) is 0 Å². The molecule has 2 aliphatic carbocycles. The normalized spacial score (nSPS) is 19.4. The van der Waals surface area contributed by atoms with Crippen LogP contribution in [0.25, 0.3) is 0 Å². The summed E-state index contributed by atoms with van der Waals surface area (Å²) in [6.07, 6.45) is 6.43. The Labute approximate surface area is 208 Å². The first-order valence-corrected chi connectivity index (χ1v) is 12.7. The van der Waals surface area contributed by atoms with E-state index in [1.54, 1.807) is 33.8 Å². The summed E-state index contributed by atoms with van der Waals surface area (Å²) in [5, 5.41) is 14.7. The molecule has 0 heterocycles. The molecule has 8 nitrogen and oxygen atoms in total. The van der Waals surface area contributed by atoms with E-state index in [1.807, 2.05) is 6.07 Å². The van der Waals surface area contributed by atoms with Gasteiger partial charge in [0.2, 0.25) is 0 Å². The minimum Gasteiger partial charge on any atom is -0.464 e.